The van der Waals surface area contributed by atoms with E-state index < -0.39 is 11.5 Å². The molecule has 3 heterocycles. The number of carbonyl (C=O) groups is 1. The Labute approximate surface area is 149 Å². The molecule has 0 saturated carbocycles. The minimum Gasteiger partial charge on any atom is -0.493 e. The molecule has 1 aromatic carbocycles. The van der Waals surface area contributed by atoms with Gasteiger partial charge in [0, 0.05) is 35.6 Å². The molecule has 1 amide bonds. The highest BCUT2D eigenvalue weighted by Gasteiger charge is 2.24. The molecule has 0 aliphatic carbocycles. The van der Waals surface area contributed by atoms with E-state index in [1.165, 1.54) is 0 Å². The number of hydrogen-bond donors (Lipinski definition) is 2. The van der Waals surface area contributed by atoms with Crippen LogP contribution in [0.4, 0.5) is 0 Å². The fourth-order valence-corrected chi connectivity index (χ4v) is 3.07. The zero-order valence-electron chi connectivity index (χ0n) is 13.9. The van der Waals surface area contributed by atoms with Gasteiger partial charge in [-0.15, -0.1) is 0 Å². The number of pyridine rings is 2. The van der Waals surface area contributed by atoms with Gasteiger partial charge in [-0.1, -0.05) is 18.2 Å². The van der Waals surface area contributed by atoms with Gasteiger partial charge in [0.15, 0.2) is 0 Å². The van der Waals surface area contributed by atoms with Crippen molar-refractivity contribution in [3.05, 3.63) is 82.4 Å². The van der Waals surface area contributed by atoms with Gasteiger partial charge in [0.1, 0.15) is 11.3 Å². The highest BCUT2D eigenvalue weighted by Crippen LogP contribution is 2.31. The van der Waals surface area contributed by atoms with E-state index in [1.807, 2.05) is 30.3 Å². The average Bonchev–Trinajstić information content (AvgIpc) is 2.69. The molecular weight excluding hydrogens is 330 g/mol. The SMILES string of the molecule is O=C(N[C@H]1CCOc2ccccc21)c1ccc(-c2cccnc2)[nH]c1=O. The summed E-state index contributed by atoms with van der Waals surface area (Å²) in [6.07, 6.45) is 3.98. The summed E-state index contributed by atoms with van der Waals surface area (Å²) in [7, 11) is 0. The van der Waals surface area contributed by atoms with Crippen molar-refractivity contribution in [3.63, 3.8) is 0 Å². The lowest BCUT2D eigenvalue weighted by Gasteiger charge is -2.26. The van der Waals surface area contributed by atoms with Crippen LogP contribution < -0.4 is 15.6 Å². The van der Waals surface area contributed by atoms with Crippen molar-refractivity contribution in [1.29, 1.82) is 0 Å². The minimum absolute atomic E-state index is 0.0848. The number of nitrogens with zero attached hydrogens (tertiary/aromatic N) is 1. The molecule has 0 bridgehead atoms. The van der Waals surface area contributed by atoms with Crippen LogP contribution in [-0.2, 0) is 0 Å². The summed E-state index contributed by atoms with van der Waals surface area (Å²) in [5.41, 5.74) is 1.99. The highest BCUT2D eigenvalue weighted by molar-refractivity contribution is 5.94. The first-order chi connectivity index (χ1) is 12.7. The van der Waals surface area contributed by atoms with Gasteiger partial charge in [-0.25, -0.2) is 0 Å². The van der Waals surface area contributed by atoms with Crippen LogP contribution in [0.5, 0.6) is 5.75 Å². The Hall–Kier alpha value is -3.41. The summed E-state index contributed by atoms with van der Waals surface area (Å²) >= 11 is 0. The Morgan fingerprint density at radius 1 is 1.15 bits per heavy atom. The Balaban J connectivity index is 1.57. The maximum Gasteiger partial charge on any atom is 0.261 e. The summed E-state index contributed by atoms with van der Waals surface area (Å²) in [5, 5.41) is 2.94. The number of para-hydroxylation sites is 1. The number of fused-ring (bicyclic) bond motifs is 1. The van der Waals surface area contributed by atoms with E-state index in [4.69, 9.17) is 4.74 Å². The number of hydrogen-bond acceptors (Lipinski definition) is 4. The van der Waals surface area contributed by atoms with Crippen molar-refractivity contribution in [2.24, 2.45) is 0 Å². The molecule has 6 nitrogen and oxygen atoms in total. The minimum atomic E-state index is -0.427. The zero-order valence-corrected chi connectivity index (χ0v) is 13.9. The van der Waals surface area contributed by atoms with Crippen LogP contribution in [0.3, 0.4) is 0 Å². The molecule has 1 atom stereocenters. The number of rotatable bonds is 3. The zero-order chi connectivity index (χ0) is 17.9. The van der Waals surface area contributed by atoms with Gasteiger partial charge >= 0.3 is 0 Å². The lowest BCUT2D eigenvalue weighted by molar-refractivity contribution is 0.0923. The predicted molar refractivity (Wildman–Crippen MR) is 97.1 cm³/mol. The van der Waals surface area contributed by atoms with Crippen molar-refractivity contribution < 1.29 is 9.53 Å². The number of benzene rings is 1. The number of ether oxygens (including phenoxy) is 1. The van der Waals surface area contributed by atoms with E-state index >= 15 is 0 Å². The number of nitrogens with one attached hydrogen (secondary N) is 2. The fourth-order valence-electron chi connectivity index (χ4n) is 3.07. The Morgan fingerprint density at radius 2 is 2.04 bits per heavy atom. The number of aromatic amines is 1. The standard InChI is InChI=1S/C20H17N3O3/c24-19-15(7-8-16(22-19)13-4-3-10-21-12-13)20(25)23-17-9-11-26-18-6-2-1-5-14(17)18/h1-8,10,12,17H,9,11H2,(H,22,24)(H,23,25)/t17-/m0/s1. The molecule has 0 fully saturated rings. The van der Waals surface area contributed by atoms with Crippen molar-refractivity contribution in [2.75, 3.05) is 6.61 Å². The third-order valence-corrected chi connectivity index (χ3v) is 4.39. The van der Waals surface area contributed by atoms with E-state index in [1.54, 1.807) is 30.6 Å². The van der Waals surface area contributed by atoms with E-state index in [0.717, 1.165) is 16.9 Å². The largest absolute Gasteiger partial charge is 0.493 e. The Morgan fingerprint density at radius 3 is 2.85 bits per heavy atom. The van der Waals surface area contributed by atoms with Gasteiger partial charge in [-0.2, -0.15) is 0 Å². The van der Waals surface area contributed by atoms with Crippen LogP contribution in [0.2, 0.25) is 0 Å². The molecule has 0 spiro atoms. The maximum absolute atomic E-state index is 12.6. The number of H-pyrrole nitrogens is 1. The second-order valence-electron chi connectivity index (χ2n) is 6.06. The van der Waals surface area contributed by atoms with Crippen molar-refractivity contribution in [3.8, 4) is 17.0 Å². The average molecular weight is 347 g/mol. The summed E-state index contributed by atoms with van der Waals surface area (Å²) in [5.74, 6) is 0.371. The first-order valence-electron chi connectivity index (χ1n) is 8.39. The molecule has 2 aromatic heterocycles. The first kappa shape index (κ1) is 16.1. The molecular formula is C20H17N3O3. The van der Waals surface area contributed by atoms with E-state index in [9.17, 15) is 9.59 Å². The molecule has 3 aromatic rings. The number of carbonyl (C=O) groups excluding carboxylic acids is 1. The molecule has 0 radical (unpaired) electrons. The predicted octanol–water partition coefficient (Wildman–Crippen LogP) is 2.69. The van der Waals surface area contributed by atoms with Crippen molar-refractivity contribution >= 4 is 5.91 Å². The molecule has 0 unspecified atom stereocenters. The van der Waals surface area contributed by atoms with Gasteiger partial charge in [0.25, 0.3) is 11.5 Å². The summed E-state index contributed by atoms with van der Waals surface area (Å²) in [6.45, 7) is 0.526. The van der Waals surface area contributed by atoms with Crippen LogP contribution in [-0.4, -0.2) is 22.5 Å². The van der Waals surface area contributed by atoms with Crippen LogP contribution in [0.25, 0.3) is 11.3 Å². The Bertz CT molecular complexity index is 998. The van der Waals surface area contributed by atoms with Crippen LogP contribution in [0.1, 0.15) is 28.4 Å². The quantitative estimate of drug-likeness (QED) is 0.763. The Kier molecular flexibility index (Phi) is 4.23. The molecule has 1 aliphatic heterocycles. The third kappa shape index (κ3) is 3.09. The van der Waals surface area contributed by atoms with Gasteiger partial charge in [0.2, 0.25) is 0 Å². The lowest BCUT2D eigenvalue weighted by atomic mass is 10.00. The van der Waals surface area contributed by atoms with E-state index in [0.29, 0.717) is 18.7 Å². The molecule has 26 heavy (non-hydrogen) atoms. The molecule has 1 aliphatic rings. The van der Waals surface area contributed by atoms with E-state index in [-0.39, 0.29) is 11.6 Å². The van der Waals surface area contributed by atoms with E-state index in [2.05, 4.69) is 15.3 Å². The first-order valence-corrected chi connectivity index (χ1v) is 8.39. The second kappa shape index (κ2) is 6.84. The molecule has 6 heteroatoms. The molecule has 4 rings (SSSR count). The van der Waals surface area contributed by atoms with Gasteiger partial charge in [-0.3, -0.25) is 14.6 Å². The summed E-state index contributed by atoms with van der Waals surface area (Å²) < 4.78 is 5.60. The van der Waals surface area contributed by atoms with Crippen LogP contribution in [0.15, 0.2) is 65.7 Å². The number of amides is 1. The molecule has 130 valence electrons. The van der Waals surface area contributed by atoms with Crippen molar-refractivity contribution in [2.45, 2.75) is 12.5 Å². The van der Waals surface area contributed by atoms with Gasteiger partial charge in [0.05, 0.1) is 12.6 Å². The molecule has 2 N–H and O–H groups in total. The van der Waals surface area contributed by atoms with Crippen LogP contribution >= 0.6 is 0 Å². The van der Waals surface area contributed by atoms with Crippen LogP contribution in [0, 0.1) is 0 Å². The summed E-state index contributed by atoms with van der Waals surface area (Å²) in [4.78, 5) is 31.8. The smallest absolute Gasteiger partial charge is 0.261 e. The van der Waals surface area contributed by atoms with Crippen molar-refractivity contribution in [1.82, 2.24) is 15.3 Å². The fraction of sp³-hybridized carbons (Fsp3) is 0.150. The van der Waals surface area contributed by atoms with Gasteiger partial charge < -0.3 is 15.0 Å². The highest BCUT2D eigenvalue weighted by atomic mass is 16.5. The number of aromatic nitrogens is 2. The topological polar surface area (TPSA) is 84.1 Å². The lowest BCUT2D eigenvalue weighted by Crippen LogP contribution is -2.35. The summed E-state index contributed by atoms with van der Waals surface area (Å²) in [6, 6.07) is 14.3. The monoisotopic (exact) mass is 347 g/mol. The maximum atomic E-state index is 12.6. The molecule has 0 saturated heterocycles. The third-order valence-electron chi connectivity index (χ3n) is 4.39. The van der Waals surface area contributed by atoms with Gasteiger partial charge in [-0.05, 0) is 30.3 Å². The normalized spacial score (nSPS) is 15.6. The second-order valence-corrected chi connectivity index (χ2v) is 6.06.